The second-order valence-electron chi connectivity index (χ2n) is 4.07. The molecule has 1 aromatic rings. The molecule has 0 unspecified atom stereocenters. The van der Waals surface area contributed by atoms with Gasteiger partial charge in [-0.3, -0.25) is 4.79 Å². The number of hydrogen-bond acceptors (Lipinski definition) is 6. The molecule has 7 heteroatoms. The van der Waals surface area contributed by atoms with Gasteiger partial charge < -0.3 is 9.64 Å². The molecule has 96 valence electrons. The number of anilines is 1. The molecule has 0 aromatic carbocycles. The zero-order valence-electron chi connectivity index (χ0n) is 9.85. The van der Waals surface area contributed by atoms with E-state index in [0.717, 1.165) is 24.4 Å². The number of piperidine rings is 1. The average molecular weight is 286 g/mol. The number of hydrogen-bond donors (Lipinski definition) is 0. The van der Waals surface area contributed by atoms with Crippen LogP contribution in [0.1, 0.15) is 18.4 Å². The zero-order valence-corrected chi connectivity index (χ0v) is 11.4. The van der Waals surface area contributed by atoms with Crippen LogP contribution in [0.15, 0.2) is 0 Å². The zero-order chi connectivity index (χ0) is 13.1. The number of carbonyl (C=O) groups excluding carboxylic acids is 1. The molecular weight excluding hydrogens is 274 g/mol. The third kappa shape index (κ3) is 2.42. The highest BCUT2D eigenvalue weighted by molar-refractivity contribution is 7.10. The highest BCUT2D eigenvalue weighted by Gasteiger charge is 2.29. The topological polar surface area (TPSA) is 66.2 Å². The Morgan fingerprint density at radius 1 is 1.72 bits per heavy atom. The lowest BCUT2D eigenvalue weighted by atomic mass is 9.98. The lowest BCUT2D eigenvalue weighted by Crippen LogP contribution is -2.39. The van der Waals surface area contributed by atoms with Gasteiger partial charge in [-0.1, -0.05) is 11.6 Å². The first-order chi connectivity index (χ1) is 8.67. The number of nitriles is 1. The lowest BCUT2D eigenvalue weighted by Gasteiger charge is -2.31. The number of methoxy groups -OCH3 is 1. The van der Waals surface area contributed by atoms with E-state index in [-0.39, 0.29) is 17.0 Å². The lowest BCUT2D eigenvalue weighted by molar-refractivity contribution is -0.145. The second kappa shape index (κ2) is 5.55. The highest BCUT2D eigenvalue weighted by Crippen LogP contribution is 2.34. The molecule has 0 amide bonds. The van der Waals surface area contributed by atoms with Gasteiger partial charge >= 0.3 is 5.97 Å². The van der Waals surface area contributed by atoms with E-state index >= 15 is 0 Å². The Labute approximate surface area is 114 Å². The first-order valence-corrected chi connectivity index (χ1v) is 6.70. The molecule has 0 aliphatic carbocycles. The van der Waals surface area contributed by atoms with Gasteiger partial charge in [0, 0.05) is 13.1 Å². The third-order valence-electron chi connectivity index (χ3n) is 2.99. The van der Waals surface area contributed by atoms with Gasteiger partial charge in [0.15, 0.2) is 5.15 Å². The van der Waals surface area contributed by atoms with Gasteiger partial charge in [0.2, 0.25) is 0 Å². The first kappa shape index (κ1) is 13.1. The average Bonchev–Trinajstić information content (AvgIpc) is 2.79. The minimum atomic E-state index is -0.200. The molecule has 1 aliphatic rings. The fourth-order valence-electron chi connectivity index (χ4n) is 2.09. The van der Waals surface area contributed by atoms with Gasteiger partial charge in [0.25, 0.3) is 0 Å². The molecule has 1 saturated heterocycles. The van der Waals surface area contributed by atoms with Gasteiger partial charge in [-0.2, -0.15) is 9.64 Å². The predicted octanol–water partition coefficient (Wildman–Crippen LogP) is 2.06. The Hall–Kier alpha value is -1.32. The molecule has 0 radical (unpaired) electrons. The summed E-state index contributed by atoms with van der Waals surface area (Å²) in [7, 11) is 1.39. The molecular formula is C11H12ClN3O2S. The summed E-state index contributed by atoms with van der Waals surface area (Å²) in [6, 6.07) is 2.06. The summed E-state index contributed by atoms with van der Waals surface area (Å²) in [6.07, 6.45) is 1.71. The monoisotopic (exact) mass is 285 g/mol. The summed E-state index contributed by atoms with van der Waals surface area (Å²) in [5.41, 5.74) is 0.396. The van der Waals surface area contributed by atoms with E-state index in [1.165, 1.54) is 18.6 Å². The van der Waals surface area contributed by atoms with Crippen LogP contribution in [0, 0.1) is 17.2 Å². The molecule has 1 aromatic heterocycles. The summed E-state index contributed by atoms with van der Waals surface area (Å²) in [4.78, 5) is 13.5. The van der Waals surface area contributed by atoms with Crippen molar-refractivity contribution in [3.8, 4) is 6.07 Å². The minimum absolute atomic E-state index is 0.142. The Kier molecular flexibility index (Phi) is 4.04. The Balaban J connectivity index is 2.18. The number of rotatable bonds is 2. The van der Waals surface area contributed by atoms with Crippen LogP contribution in [0.3, 0.4) is 0 Å². The quantitative estimate of drug-likeness (QED) is 0.778. The molecule has 0 bridgehead atoms. The van der Waals surface area contributed by atoms with Crippen LogP contribution in [0.2, 0.25) is 5.15 Å². The third-order valence-corrected chi connectivity index (χ3v) is 4.27. The Morgan fingerprint density at radius 3 is 3.17 bits per heavy atom. The van der Waals surface area contributed by atoms with Crippen molar-refractivity contribution >= 4 is 34.1 Å². The molecule has 0 saturated carbocycles. The maximum absolute atomic E-state index is 11.6. The summed E-state index contributed by atoms with van der Waals surface area (Å²) >= 11 is 7.05. The van der Waals surface area contributed by atoms with Gasteiger partial charge in [0.1, 0.15) is 16.6 Å². The van der Waals surface area contributed by atoms with Gasteiger partial charge in [-0.05, 0) is 24.4 Å². The van der Waals surface area contributed by atoms with Crippen LogP contribution in [0.5, 0.6) is 0 Å². The number of halogens is 1. The van der Waals surface area contributed by atoms with Crippen molar-refractivity contribution in [2.45, 2.75) is 12.8 Å². The molecule has 0 spiro atoms. The van der Waals surface area contributed by atoms with Crippen molar-refractivity contribution in [2.24, 2.45) is 5.92 Å². The van der Waals surface area contributed by atoms with Crippen LogP contribution in [-0.2, 0) is 9.53 Å². The van der Waals surface area contributed by atoms with Crippen molar-refractivity contribution in [1.82, 2.24) is 4.37 Å². The standard InChI is InChI=1S/C11H12ClN3O2S/c1-17-11(16)7-3-2-4-15(6-7)10-8(5-13)9(12)14-18-10/h7H,2-4,6H2,1H3/t7-/m0/s1. The number of carbonyl (C=O) groups is 1. The van der Waals surface area contributed by atoms with E-state index in [1.807, 2.05) is 4.90 Å². The molecule has 5 nitrogen and oxygen atoms in total. The Bertz CT molecular complexity index is 497. The Morgan fingerprint density at radius 2 is 2.50 bits per heavy atom. The molecule has 2 rings (SSSR count). The summed E-state index contributed by atoms with van der Waals surface area (Å²) in [6.45, 7) is 1.36. The molecule has 18 heavy (non-hydrogen) atoms. The summed E-state index contributed by atoms with van der Waals surface area (Å²) < 4.78 is 8.75. The number of aromatic nitrogens is 1. The molecule has 1 aliphatic heterocycles. The van der Waals surface area contributed by atoms with Gasteiger partial charge in [-0.25, -0.2) is 0 Å². The predicted molar refractivity (Wildman–Crippen MR) is 68.8 cm³/mol. The SMILES string of the molecule is COC(=O)[C@H]1CCCN(c2snc(Cl)c2C#N)C1. The maximum Gasteiger partial charge on any atom is 0.310 e. The van der Waals surface area contributed by atoms with Crippen LogP contribution in [0.4, 0.5) is 5.00 Å². The maximum atomic E-state index is 11.6. The van der Waals surface area contributed by atoms with Crippen LogP contribution in [0.25, 0.3) is 0 Å². The summed E-state index contributed by atoms with van der Waals surface area (Å²) in [5.74, 6) is -0.343. The largest absolute Gasteiger partial charge is 0.469 e. The van der Waals surface area contributed by atoms with E-state index in [1.54, 1.807) is 0 Å². The smallest absolute Gasteiger partial charge is 0.310 e. The van der Waals surface area contributed by atoms with Crippen molar-refractivity contribution in [1.29, 1.82) is 5.26 Å². The molecule has 1 atom stereocenters. The van der Waals surface area contributed by atoms with Crippen molar-refractivity contribution < 1.29 is 9.53 Å². The first-order valence-electron chi connectivity index (χ1n) is 5.55. The second-order valence-corrected chi connectivity index (χ2v) is 5.18. The van der Waals surface area contributed by atoms with Gasteiger partial charge in [-0.15, -0.1) is 0 Å². The van der Waals surface area contributed by atoms with E-state index in [0.29, 0.717) is 12.1 Å². The molecule has 2 heterocycles. The number of esters is 1. The normalized spacial score (nSPS) is 19.4. The van der Waals surface area contributed by atoms with Crippen LogP contribution in [-0.4, -0.2) is 30.5 Å². The van der Waals surface area contributed by atoms with Gasteiger partial charge in [0.05, 0.1) is 13.0 Å². The number of ether oxygens (including phenoxy) is 1. The van der Waals surface area contributed by atoms with E-state index in [9.17, 15) is 4.79 Å². The fraction of sp³-hybridized carbons (Fsp3) is 0.545. The van der Waals surface area contributed by atoms with Crippen molar-refractivity contribution in [3.05, 3.63) is 10.7 Å². The van der Waals surface area contributed by atoms with Crippen molar-refractivity contribution in [2.75, 3.05) is 25.1 Å². The number of nitrogens with zero attached hydrogens (tertiary/aromatic N) is 3. The highest BCUT2D eigenvalue weighted by atomic mass is 35.5. The fourth-order valence-corrected chi connectivity index (χ4v) is 3.16. The molecule has 1 fully saturated rings. The minimum Gasteiger partial charge on any atom is -0.469 e. The van der Waals surface area contributed by atoms with E-state index < -0.39 is 0 Å². The summed E-state index contributed by atoms with van der Waals surface area (Å²) in [5, 5.41) is 10.0. The van der Waals surface area contributed by atoms with Crippen molar-refractivity contribution in [3.63, 3.8) is 0 Å². The van der Waals surface area contributed by atoms with E-state index in [2.05, 4.69) is 10.4 Å². The van der Waals surface area contributed by atoms with Crippen LogP contribution >= 0.6 is 23.1 Å². The van der Waals surface area contributed by atoms with E-state index in [4.69, 9.17) is 21.6 Å². The molecule has 0 N–H and O–H groups in total. The van der Waals surface area contributed by atoms with Crippen LogP contribution < -0.4 is 4.90 Å².